The third-order valence-corrected chi connectivity index (χ3v) is 7.27. The van der Waals surface area contributed by atoms with E-state index in [4.69, 9.17) is 10.1 Å². The van der Waals surface area contributed by atoms with E-state index >= 15 is 0 Å². The lowest BCUT2D eigenvalue weighted by Crippen LogP contribution is -2.33. The van der Waals surface area contributed by atoms with Crippen LogP contribution in [0.2, 0.25) is 0 Å². The van der Waals surface area contributed by atoms with Crippen molar-refractivity contribution in [2.24, 2.45) is 0 Å². The molecule has 3 aromatic heterocycles. The quantitative estimate of drug-likeness (QED) is 0.493. The number of nitrogens with one attached hydrogen (secondary N) is 2. The van der Waals surface area contributed by atoms with Crippen molar-refractivity contribution < 1.29 is 0 Å². The van der Waals surface area contributed by atoms with E-state index in [1.165, 1.54) is 24.0 Å². The van der Waals surface area contributed by atoms with Crippen molar-refractivity contribution in [3.63, 3.8) is 0 Å². The number of benzene rings is 1. The van der Waals surface area contributed by atoms with Crippen molar-refractivity contribution in [1.82, 2.24) is 34.4 Å². The van der Waals surface area contributed by atoms with Gasteiger partial charge in [0.15, 0.2) is 11.5 Å². The first kappa shape index (κ1) is 19.0. The van der Waals surface area contributed by atoms with Crippen molar-refractivity contribution in [1.29, 1.82) is 0 Å². The average Bonchev–Trinajstić information content (AvgIpc) is 3.75. The first-order valence-corrected chi connectivity index (χ1v) is 11.8. The van der Waals surface area contributed by atoms with E-state index in [-0.39, 0.29) is 5.56 Å². The largest absolute Gasteiger partial charge is 0.324 e. The van der Waals surface area contributed by atoms with E-state index < -0.39 is 0 Å². The monoisotopic (exact) mass is 442 g/mol. The molecule has 4 aromatic rings. The number of anilines is 2. The molecule has 0 amide bonds. The molecule has 0 atom stereocenters. The predicted molar refractivity (Wildman–Crippen MR) is 125 cm³/mol. The van der Waals surface area contributed by atoms with Crippen LogP contribution in [0.5, 0.6) is 0 Å². The Morgan fingerprint density at radius 3 is 2.91 bits per heavy atom. The maximum absolute atomic E-state index is 13.0. The molecule has 2 aliphatic carbocycles. The number of fused-ring (bicyclic) bond motifs is 3. The number of nitrogens with zero attached hydrogens (tertiary/aromatic N) is 6. The topological polar surface area (TPSA) is 94.6 Å². The van der Waals surface area contributed by atoms with Gasteiger partial charge in [-0.2, -0.15) is 10.1 Å². The molecule has 2 saturated carbocycles. The normalized spacial score (nSPS) is 18.6. The Hall–Kier alpha value is -3.46. The molecule has 7 rings (SSSR count). The smallest absolute Gasteiger partial charge is 0.278 e. The summed E-state index contributed by atoms with van der Waals surface area (Å²) in [5, 5.41) is 12.1. The molecular formula is C24H26N8O. The summed E-state index contributed by atoms with van der Waals surface area (Å²) in [4.78, 5) is 22.2. The Morgan fingerprint density at radius 2 is 2.12 bits per heavy atom. The summed E-state index contributed by atoms with van der Waals surface area (Å²) in [7, 11) is 0. The van der Waals surface area contributed by atoms with E-state index in [1.54, 1.807) is 10.9 Å². The summed E-state index contributed by atoms with van der Waals surface area (Å²) in [5.41, 5.74) is 4.58. The molecule has 9 heteroatoms. The average molecular weight is 443 g/mol. The highest BCUT2D eigenvalue weighted by molar-refractivity contribution is 5.77. The van der Waals surface area contributed by atoms with Crippen LogP contribution in [0.15, 0.2) is 41.5 Å². The maximum Gasteiger partial charge on any atom is 0.278 e. The fourth-order valence-electron chi connectivity index (χ4n) is 5.18. The molecule has 0 radical (unpaired) electrons. The number of hydrogen-bond acceptors (Lipinski definition) is 6. The SMILES string of the molecule is CCn1c(=O)c2cnc(Nc3ccc4c(c3)CNCC43CC3)nc2n1-c1ccn(C2CC2)n1. The van der Waals surface area contributed by atoms with Crippen LogP contribution in [0.25, 0.3) is 16.9 Å². The van der Waals surface area contributed by atoms with Crippen LogP contribution in [-0.2, 0) is 18.5 Å². The first-order chi connectivity index (χ1) is 16.1. The van der Waals surface area contributed by atoms with Crippen molar-refractivity contribution in [3.05, 3.63) is 58.1 Å². The van der Waals surface area contributed by atoms with Gasteiger partial charge in [-0.3, -0.25) is 9.48 Å². The highest BCUT2D eigenvalue weighted by Gasteiger charge is 2.46. The Balaban J connectivity index is 1.28. The van der Waals surface area contributed by atoms with E-state index in [2.05, 4.69) is 33.8 Å². The predicted octanol–water partition coefficient (Wildman–Crippen LogP) is 3.01. The zero-order valence-electron chi connectivity index (χ0n) is 18.6. The molecule has 2 fully saturated rings. The first-order valence-electron chi connectivity index (χ1n) is 11.8. The zero-order valence-corrected chi connectivity index (χ0v) is 18.6. The molecule has 33 heavy (non-hydrogen) atoms. The Labute approximate surface area is 190 Å². The summed E-state index contributed by atoms with van der Waals surface area (Å²) in [6.45, 7) is 4.44. The Bertz CT molecular complexity index is 1450. The van der Waals surface area contributed by atoms with Gasteiger partial charge in [-0.1, -0.05) is 6.07 Å². The van der Waals surface area contributed by atoms with Gasteiger partial charge in [-0.05, 0) is 55.9 Å². The van der Waals surface area contributed by atoms with Crippen LogP contribution in [-0.4, -0.2) is 35.7 Å². The zero-order chi connectivity index (χ0) is 22.2. The number of rotatable bonds is 5. The molecule has 0 unspecified atom stereocenters. The van der Waals surface area contributed by atoms with Crippen LogP contribution in [0.1, 0.15) is 49.8 Å². The molecule has 0 bridgehead atoms. The van der Waals surface area contributed by atoms with Gasteiger partial charge in [0.1, 0.15) is 5.39 Å². The summed E-state index contributed by atoms with van der Waals surface area (Å²) in [6, 6.07) is 8.97. The molecular weight excluding hydrogens is 416 g/mol. The van der Waals surface area contributed by atoms with Crippen molar-refractivity contribution in [2.45, 2.75) is 57.2 Å². The second-order valence-corrected chi connectivity index (χ2v) is 9.53. The van der Waals surface area contributed by atoms with Crippen molar-refractivity contribution in [2.75, 3.05) is 11.9 Å². The van der Waals surface area contributed by atoms with E-state index in [1.807, 2.05) is 28.6 Å². The molecule has 1 aromatic carbocycles. The van der Waals surface area contributed by atoms with E-state index in [9.17, 15) is 4.79 Å². The minimum Gasteiger partial charge on any atom is -0.324 e. The van der Waals surface area contributed by atoms with Crippen LogP contribution in [0.4, 0.5) is 11.6 Å². The molecule has 2 N–H and O–H groups in total. The highest BCUT2D eigenvalue weighted by Crippen LogP contribution is 2.50. The number of aromatic nitrogens is 6. The minimum atomic E-state index is -0.102. The third kappa shape index (κ3) is 2.95. The Morgan fingerprint density at radius 1 is 1.24 bits per heavy atom. The molecule has 4 heterocycles. The van der Waals surface area contributed by atoms with Gasteiger partial charge in [0.2, 0.25) is 5.95 Å². The summed E-state index contributed by atoms with van der Waals surface area (Å²) >= 11 is 0. The van der Waals surface area contributed by atoms with E-state index in [0.29, 0.717) is 40.8 Å². The molecule has 1 spiro atoms. The van der Waals surface area contributed by atoms with Crippen LogP contribution in [0.3, 0.4) is 0 Å². The van der Waals surface area contributed by atoms with Gasteiger partial charge in [0.25, 0.3) is 5.56 Å². The second-order valence-electron chi connectivity index (χ2n) is 9.53. The molecule has 0 saturated heterocycles. The summed E-state index contributed by atoms with van der Waals surface area (Å²) in [5.74, 6) is 1.17. The lowest BCUT2D eigenvalue weighted by molar-refractivity contribution is 0.531. The van der Waals surface area contributed by atoms with Gasteiger partial charge in [0, 0.05) is 49.2 Å². The van der Waals surface area contributed by atoms with Gasteiger partial charge in [0.05, 0.1) is 6.04 Å². The Kier molecular flexibility index (Phi) is 3.91. The van der Waals surface area contributed by atoms with E-state index in [0.717, 1.165) is 31.6 Å². The maximum atomic E-state index is 13.0. The van der Waals surface area contributed by atoms with Crippen molar-refractivity contribution >= 4 is 22.7 Å². The highest BCUT2D eigenvalue weighted by atomic mass is 16.1. The lowest BCUT2D eigenvalue weighted by atomic mass is 9.88. The summed E-state index contributed by atoms with van der Waals surface area (Å²) in [6.07, 6.45) is 8.44. The van der Waals surface area contributed by atoms with Gasteiger partial charge in [-0.15, -0.1) is 0 Å². The number of hydrogen-bond donors (Lipinski definition) is 2. The fraction of sp³-hybridized carbons (Fsp3) is 0.417. The molecule has 3 aliphatic rings. The van der Waals surface area contributed by atoms with Crippen molar-refractivity contribution in [3.8, 4) is 5.82 Å². The molecule has 1 aliphatic heterocycles. The van der Waals surface area contributed by atoms with Gasteiger partial charge >= 0.3 is 0 Å². The second kappa shape index (κ2) is 6.77. The van der Waals surface area contributed by atoms with Gasteiger partial charge in [-0.25, -0.2) is 14.3 Å². The van der Waals surface area contributed by atoms with Gasteiger partial charge < -0.3 is 10.6 Å². The van der Waals surface area contributed by atoms with Crippen LogP contribution < -0.4 is 16.2 Å². The third-order valence-electron chi connectivity index (χ3n) is 7.27. The minimum absolute atomic E-state index is 0.102. The molecule has 9 nitrogen and oxygen atoms in total. The lowest BCUT2D eigenvalue weighted by Gasteiger charge is -2.26. The fourth-order valence-corrected chi connectivity index (χ4v) is 5.18. The molecule has 168 valence electrons. The standard InChI is InChI=1S/C24H26N8O/c1-2-31-22(33)18-13-26-23(28-21(18)32(31)20-7-10-30(29-20)17-4-5-17)27-16-3-6-19-15(11-16)12-25-14-24(19)8-9-24/h3,6-7,10-11,13,17,25H,2,4-5,8-9,12,14H2,1H3,(H,26,27,28). The van der Waals surface area contributed by atoms with Crippen LogP contribution >= 0.6 is 0 Å². The summed E-state index contributed by atoms with van der Waals surface area (Å²) < 4.78 is 5.47. The van der Waals surface area contributed by atoms with Crippen LogP contribution in [0, 0.1) is 0 Å².